The average Bonchev–Trinajstić information content (AvgIpc) is 2.64. The average molecular weight is 370 g/mol. The maximum atomic E-state index is 12.1. The van der Waals surface area contributed by atoms with Crippen LogP contribution in [0.5, 0.6) is 0 Å². The summed E-state index contributed by atoms with van der Waals surface area (Å²) in [5.41, 5.74) is 4.47. The summed E-state index contributed by atoms with van der Waals surface area (Å²) in [6.45, 7) is 5.86. The molecule has 0 amide bonds. The van der Waals surface area contributed by atoms with E-state index in [0.717, 1.165) is 12.8 Å². The molecule has 0 saturated heterocycles. The number of carbonyl (C=O) groups excluding carboxylic acids is 1. The molecule has 156 valence electrons. The standard InChI is InChI=1S/C23H47NO2/c1-4-5-6-7-8-9-10-11-12-13-14-15-16-17-18-19-22(25)21(2)23(3,26)20-24/h21,26H,4-20,24H2,1-3H3. The summed E-state index contributed by atoms with van der Waals surface area (Å²) in [4.78, 5) is 12.1. The molecule has 0 aromatic heterocycles. The Morgan fingerprint density at radius 2 is 1.15 bits per heavy atom. The third-order valence-corrected chi connectivity index (χ3v) is 5.86. The van der Waals surface area contributed by atoms with Gasteiger partial charge in [0.05, 0.1) is 5.60 Å². The van der Waals surface area contributed by atoms with Crippen molar-refractivity contribution in [2.24, 2.45) is 11.7 Å². The monoisotopic (exact) mass is 369 g/mol. The second kappa shape index (κ2) is 16.7. The Hall–Kier alpha value is -0.410. The molecule has 0 bridgehead atoms. The van der Waals surface area contributed by atoms with Crippen LogP contribution in [0.25, 0.3) is 0 Å². The molecule has 3 heteroatoms. The van der Waals surface area contributed by atoms with Crippen LogP contribution in [0.1, 0.15) is 124 Å². The molecule has 0 heterocycles. The van der Waals surface area contributed by atoms with Gasteiger partial charge in [0.1, 0.15) is 5.78 Å². The zero-order valence-corrected chi connectivity index (χ0v) is 18.0. The molecule has 26 heavy (non-hydrogen) atoms. The predicted molar refractivity (Wildman–Crippen MR) is 113 cm³/mol. The molecular formula is C23H47NO2. The molecule has 2 unspecified atom stereocenters. The van der Waals surface area contributed by atoms with Crippen LogP contribution in [0.3, 0.4) is 0 Å². The lowest BCUT2D eigenvalue weighted by molar-refractivity contribution is -0.129. The van der Waals surface area contributed by atoms with Crippen LogP contribution < -0.4 is 5.73 Å². The van der Waals surface area contributed by atoms with E-state index >= 15 is 0 Å². The van der Waals surface area contributed by atoms with Crippen molar-refractivity contribution < 1.29 is 9.90 Å². The number of Topliss-reactive ketones (excluding diaryl/α,β-unsaturated/α-hetero) is 1. The third-order valence-electron chi connectivity index (χ3n) is 5.86. The fourth-order valence-electron chi connectivity index (χ4n) is 3.41. The number of carbonyl (C=O) groups is 1. The minimum Gasteiger partial charge on any atom is -0.388 e. The molecule has 0 aromatic rings. The van der Waals surface area contributed by atoms with E-state index in [1.165, 1.54) is 83.5 Å². The van der Waals surface area contributed by atoms with E-state index < -0.39 is 5.60 Å². The number of ketones is 1. The predicted octanol–water partition coefficient (Wildman–Crippen LogP) is 6.16. The highest BCUT2D eigenvalue weighted by Gasteiger charge is 2.31. The summed E-state index contributed by atoms with van der Waals surface area (Å²) in [5, 5.41) is 10.0. The second-order valence-electron chi connectivity index (χ2n) is 8.45. The van der Waals surface area contributed by atoms with Crippen molar-refractivity contribution in [2.75, 3.05) is 6.54 Å². The number of nitrogens with two attached hydrogens (primary N) is 1. The van der Waals surface area contributed by atoms with Crippen LogP contribution in [0.15, 0.2) is 0 Å². The number of aliphatic hydroxyl groups is 1. The Morgan fingerprint density at radius 3 is 1.50 bits per heavy atom. The summed E-state index contributed by atoms with van der Waals surface area (Å²) >= 11 is 0. The van der Waals surface area contributed by atoms with Crippen LogP contribution in [0.4, 0.5) is 0 Å². The van der Waals surface area contributed by atoms with E-state index in [9.17, 15) is 9.90 Å². The molecule has 0 rings (SSSR count). The van der Waals surface area contributed by atoms with Gasteiger partial charge in [0, 0.05) is 18.9 Å². The van der Waals surface area contributed by atoms with E-state index in [1.807, 2.05) is 0 Å². The van der Waals surface area contributed by atoms with Crippen molar-refractivity contribution in [3.63, 3.8) is 0 Å². The first-order valence-corrected chi connectivity index (χ1v) is 11.4. The summed E-state index contributed by atoms with van der Waals surface area (Å²) in [7, 11) is 0. The zero-order chi connectivity index (χ0) is 19.7. The van der Waals surface area contributed by atoms with Gasteiger partial charge in [-0.3, -0.25) is 4.79 Å². The second-order valence-corrected chi connectivity index (χ2v) is 8.45. The Labute approximate surface area is 163 Å². The molecule has 0 aliphatic rings. The van der Waals surface area contributed by atoms with Gasteiger partial charge in [-0.15, -0.1) is 0 Å². The molecule has 0 aliphatic carbocycles. The minimum absolute atomic E-state index is 0.138. The Morgan fingerprint density at radius 1 is 0.808 bits per heavy atom. The minimum atomic E-state index is -1.06. The number of rotatable bonds is 19. The molecular weight excluding hydrogens is 322 g/mol. The largest absolute Gasteiger partial charge is 0.388 e. The van der Waals surface area contributed by atoms with Crippen LogP contribution >= 0.6 is 0 Å². The summed E-state index contributed by atoms with van der Waals surface area (Å²) < 4.78 is 0. The SMILES string of the molecule is CCCCCCCCCCCCCCCCCC(=O)C(C)C(C)(O)CN. The first-order valence-electron chi connectivity index (χ1n) is 11.4. The summed E-state index contributed by atoms with van der Waals surface area (Å²) in [6, 6.07) is 0. The zero-order valence-electron chi connectivity index (χ0n) is 18.0. The van der Waals surface area contributed by atoms with Crippen molar-refractivity contribution in [1.29, 1.82) is 0 Å². The van der Waals surface area contributed by atoms with Crippen LogP contribution in [-0.4, -0.2) is 23.0 Å². The lowest BCUT2D eigenvalue weighted by Gasteiger charge is -2.27. The fraction of sp³-hybridized carbons (Fsp3) is 0.957. The highest BCUT2D eigenvalue weighted by atomic mass is 16.3. The van der Waals surface area contributed by atoms with Crippen molar-refractivity contribution in [1.82, 2.24) is 0 Å². The molecule has 3 N–H and O–H groups in total. The third kappa shape index (κ3) is 13.7. The van der Waals surface area contributed by atoms with Gasteiger partial charge < -0.3 is 10.8 Å². The van der Waals surface area contributed by atoms with E-state index in [1.54, 1.807) is 13.8 Å². The van der Waals surface area contributed by atoms with Gasteiger partial charge in [-0.25, -0.2) is 0 Å². The van der Waals surface area contributed by atoms with Crippen molar-refractivity contribution in [3.05, 3.63) is 0 Å². The fourth-order valence-corrected chi connectivity index (χ4v) is 3.41. The summed E-state index contributed by atoms with van der Waals surface area (Å²) in [6.07, 6.45) is 20.5. The molecule has 0 fully saturated rings. The lowest BCUT2D eigenvalue weighted by atomic mass is 9.85. The van der Waals surface area contributed by atoms with Crippen molar-refractivity contribution >= 4 is 5.78 Å². The van der Waals surface area contributed by atoms with Gasteiger partial charge in [0.25, 0.3) is 0 Å². The highest BCUT2D eigenvalue weighted by molar-refractivity contribution is 5.81. The van der Waals surface area contributed by atoms with Crippen LogP contribution in [0.2, 0.25) is 0 Å². The topological polar surface area (TPSA) is 63.3 Å². The smallest absolute Gasteiger partial charge is 0.138 e. The van der Waals surface area contributed by atoms with E-state index in [0.29, 0.717) is 6.42 Å². The van der Waals surface area contributed by atoms with Crippen LogP contribution in [0, 0.1) is 5.92 Å². The molecule has 0 saturated carbocycles. The lowest BCUT2D eigenvalue weighted by Crippen LogP contribution is -2.44. The number of hydrogen-bond donors (Lipinski definition) is 2. The van der Waals surface area contributed by atoms with E-state index in [-0.39, 0.29) is 18.2 Å². The van der Waals surface area contributed by atoms with Gasteiger partial charge in [-0.1, -0.05) is 104 Å². The van der Waals surface area contributed by atoms with Crippen molar-refractivity contribution in [3.8, 4) is 0 Å². The number of hydrogen-bond acceptors (Lipinski definition) is 3. The van der Waals surface area contributed by atoms with Gasteiger partial charge in [-0.2, -0.15) is 0 Å². The molecule has 0 spiro atoms. The highest BCUT2D eigenvalue weighted by Crippen LogP contribution is 2.20. The molecule has 0 aromatic carbocycles. The van der Waals surface area contributed by atoms with E-state index in [2.05, 4.69) is 6.92 Å². The van der Waals surface area contributed by atoms with E-state index in [4.69, 9.17) is 5.73 Å². The molecule has 0 aliphatic heterocycles. The molecule has 3 nitrogen and oxygen atoms in total. The van der Waals surface area contributed by atoms with Crippen LogP contribution in [-0.2, 0) is 4.79 Å². The Balaban J connectivity index is 3.33. The first kappa shape index (κ1) is 25.6. The van der Waals surface area contributed by atoms with Gasteiger partial charge in [0.15, 0.2) is 0 Å². The number of unbranched alkanes of at least 4 members (excludes halogenated alkanes) is 14. The summed E-state index contributed by atoms with van der Waals surface area (Å²) in [5.74, 6) is -0.214. The van der Waals surface area contributed by atoms with Gasteiger partial charge >= 0.3 is 0 Å². The quantitative estimate of drug-likeness (QED) is 0.268. The first-order chi connectivity index (χ1) is 12.5. The van der Waals surface area contributed by atoms with Gasteiger partial charge in [-0.05, 0) is 13.3 Å². The molecule has 2 atom stereocenters. The van der Waals surface area contributed by atoms with Crippen molar-refractivity contribution in [2.45, 2.75) is 129 Å². The Bertz CT molecular complexity index is 328. The maximum Gasteiger partial charge on any atom is 0.138 e. The Kier molecular flexibility index (Phi) is 16.5. The van der Waals surface area contributed by atoms with Gasteiger partial charge in [0.2, 0.25) is 0 Å². The molecule has 0 radical (unpaired) electrons. The maximum absolute atomic E-state index is 12.1. The normalized spacial score (nSPS) is 15.0.